The molecule has 1 N–H and O–H groups in total. The maximum Gasteiger partial charge on any atom is 0.299 e. The van der Waals surface area contributed by atoms with Crippen molar-refractivity contribution in [2.24, 2.45) is 0 Å². The Hall–Kier alpha value is -2.32. The Kier molecular flexibility index (Phi) is 4.86. The van der Waals surface area contributed by atoms with Crippen LogP contribution in [0, 0.1) is 0 Å². The van der Waals surface area contributed by atoms with Crippen molar-refractivity contribution < 1.29 is 13.9 Å². The SMILES string of the molecule is OCCN(Cc1cccc(Cl)c1)c1ccc2nnc(C(F)F)n2n1. The number of aliphatic hydroxyl groups is 1. The molecule has 3 rings (SSSR count). The minimum atomic E-state index is -2.78. The van der Waals surface area contributed by atoms with Crippen molar-refractivity contribution in [3.63, 3.8) is 0 Å². The maximum atomic E-state index is 13.0. The van der Waals surface area contributed by atoms with Crippen molar-refractivity contribution in [1.82, 2.24) is 19.8 Å². The number of aliphatic hydroxyl groups excluding tert-OH is 1. The fourth-order valence-corrected chi connectivity index (χ4v) is 2.56. The lowest BCUT2D eigenvalue weighted by Crippen LogP contribution is -2.27. The highest BCUT2D eigenvalue weighted by atomic mass is 35.5. The molecule has 2 heterocycles. The molecular formula is C15H14ClF2N5O. The third-order valence-electron chi connectivity index (χ3n) is 3.42. The van der Waals surface area contributed by atoms with Gasteiger partial charge in [0.1, 0.15) is 5.82 Å². The van der Waals surface area contributed by atoms with Gasteiger partial charge in [0.05, 0.1) is 6.61 Å². The van der Waals surface area contributed by atoms with Gasteiger partial charge in [-0.3, -0.25) is 0 Å². The summed E-state index contributed by atoms with van der Waals surface area (Å²) in [5.74, 6) is -0.0863. The number of halogens is 3. The number of anilines is 1. The molecule has 0 saturated carbocycles. The zero-order valence-electron chi connectivity index (χ0n) is 12.5. The third-order valence-corrected chi connectivity index (χ3v) is 3.66. The van der Waals surface area contributed by atoms with Crippen LogP contribution in [0.25, 0.3) is 5.65 Å². The first-order chi connectivity index (χ1) is 11.6. The largest absolute Gasteiger partial charge is 0.395 e. The Bertz CT molecular complexity index is 842. The molecule has 0 radical (unpaired) electrons. The number of alkyl halides is 2. The first-order valence-electron chi connectivity index (χ1n) is 7.19. The van der Waals surface area contributed by atoms with Gasteiger partial charge >= 0.3 is 0 Å². The maximum absolute atomic E-state index is 13.0. The van der Waals surface area contributed by atoms with Gasteiger partial charge in [0.2, 0.25) is 5.82 Å². The van der Waals surface area contributed by atoms with Gasteiger partial charge < -0.3 is 10.0 Å². The summed E-state index contributed by atoms with van der Waals surface area (Å²) in [6.07, 6.45) is -2.78. The highest BCUT2D eigenvalue weighted by molar-refractivity contribution is 6.30. The third kappa shape index (κ3) is 3.44. The zero-order chi connectivity index (χ0) is 17.1. The minimum Gasteiger partial charge on any atom is -0.395 e. The van der Waals surface area contributed by atoms with Gasteiger partial charge in [0.25, 0.3) is 6.43 Å². The predicted molar refractivity (Wildman–Crippen MR) is 85.3 cm³/mol. The van der Waals surface area contributed by atoms with E-state index >= 15 is 0 Å². The van der Waals surface area contributed by atoms with E-state index in [0.29, 0.717) is 17.4 Å². The molecule has 2 aromatic heterocycles. The molecule has 0 aliphatic carbocycles. The fraction of sp³-hybridized carbons (Fsp3) is 0.267. The molecular weight excluding hydrogens is 340 g/mol. The lowest BCUT2D eigenvalue weighted by atomic mass is 10.2. The van der Waals surface area contributed by atoms with Crippen LogP contribution in [-0.2, 0) is 6.54 Å². The molecule has 0 aliphatic heterocycles. The van der Waals surface area contributed by atoms with Crippen LogP contribution in [-0.4, -0.2) is 38.1 Å². The van der Waals surface area contributed by atoms with E-state index in [0.717, 1.165) is 10.1 Å². The first-order valence-corrected chi connectivity index (χ1v) is 7.57. The summed E-state index contributed by atoms with van der Waals surface area (Å²) in [6, 6.07) is 10.5. The summed E-state index contributed by atoms with van der Waals surface area (Å²) in [7, 11) is 0. The molecule has 0 aliphatic rings. The highest BCUT2D eigenvalue weighted by Crippen LogP contribution is 2.20. The lowest BCUT2D eigenvalue weighted by Gasteiger charge is -2.23. The molecule has 3 aromatic rings. The van der Waals surface area contributed by atoms with E-state index in [1.807, 2.05) is 12.1 Å². The molecule has 1 aromatic carbocycles. The van der Waals surface area contributed by atoms with E-state index < -0.39 is 12.2 Å². The number of aromatic nitrogens is 4. The van der Waals surface area contributed by atoms with E-state index in [2.05, 4.69) is 15.3 Å². The van der Waals surface area contributed by atoms with Crippen LogP contribution >= 0.6 is 11.6 Å². The summed E-state index contributed by atoms with van der Waals surface area (Å²) in [6.45, 7) is 0.604. The number of benzene rings is 1. The molecule has 9 heteroatoms. The number of hydrogen-bond donors (Lipinski definition) is 1. The molecule has 6 nitrogen and oxygen atoms in total. The van der Waals surface area contributed by atoms with Crippen LogP contribution in [0.3, 0.4) is 0 Å². The number of rotatable bonds is 6. The standard InChI is InChI=1S/C15H14ClF2N5O/c16-11-3-1-2-10(8-11)9-22(6-7-24)13-5-4-12-19-20-15(14(17)18)23(12)21-13/h1-5,8,14,24H,6-7,9H2. The van der Waals surface area contributed by atoms with Gasteiger partial charge in [-0.2, -0.15) is 4.52 Å². The van der Waals surface area contributed by atoms with Crippen molar-refractivity contribution in [3.8, 4) is 0 Å². The number of nitrogens with zero attached hydrogens (tertiary/aromatic N) is 5. The Balaban J connectivity index is 1.95. The number of hydrogen-bond acceptors (Lipinski definition) is 5. The molecule has 0 atom stereocenters. The second-order valence-corrected chi connectivity index (χ2v) is 5.53. The highest BCUT2D eigenvalue weighted by Gasteiger charge is 2.18. The summed E-state index contributed by atoms with van der Waals surface area (Å²) in [5.41, 5.74) is 1.15. The normalized spacial score (nSPS) is 11.4. The van der Waals surface area contributed by atoms with Crippen molar-refractivity contribution in [2.75, 3.05) is 18.1 Å². The predicted octanol–water partition coefficient (Wildman–Crippen LogP) is 2.71. The van der Waals surface area contributed by atoms with Gasteiger partial charge in [0, 0.05) is 18.1 Å². The molecule has 0 fully saturated rings. The van der Waals surface area contributed by atoms with E-state index in [9.17, 15) is 13.9 Å². The van der Waals surface area contributed by atoms with Crippen molar-refractivity contribution >= 4 is 23.1 Å². The monoisotopic (exact) mass is 353 g/mol. The van der Waals surface area contributed by atoms with Crippen LogP contribution in [0.4, 0.5) is 14.6 Å². The van der Waals surface area contributed by atoms with Crippen molar-refractivity contribution in [3.05, 3.63) is 52.8 Å². The van der Waals surface area contributed by atoms with Crippen LogP contribution < -0.4 is 4.90 Å². The summed E-state index contributed by atoms with van der Waals surface area (Å²) in [4.78, 5) is 1.76. The Morgan fingerprint density at radius 2 is 2.04 bits per heavy atom. The van der Waals surface area contributed by atoms with Crippen LogP contribution in [0.1, 0.15) is 17.8 Å². The summed E-state index contributed by atoms with van der Waals surface area (Å²) >= 11 is 5.98. The molecule has 0 saturated heterocycles. The Labute approximate surface area is 141 Å². The van der Waals surface area contributed by atoms with Gasteiger partial charge in [0.15, 0.2) is 5.65 Å². The average molecular weight is 354 g/mol. The van der Waals surface area contributed by atoms with E-state index in [1.54, 1.807) is 29.2 Å². The molecule has 0 spiro atoms. The van der Waals surface area contributed by atoms with Gasteiger partial charge in [-0.25, -0.2) is 8.78 Å². The molecule has 126 valence electrons. The second kappa shape index (κ2) is 7.06. The summed E-state index contributed by atoms with van der Waals surface area (Å²) < 4.78 is 27.0. The second-order valence-electron chi connectivity index (χ2n) is 5.10. The summed E-state index contributed by atoms with van der Waals surface area (Å²) in [5, 5.41) is 21.2. The topological polar surface area (TPSA) is 66.5 Å². The van der Waals surface area contributed by atoms with E-state index in [-0.39, 0.29) is 18.8 Å². The number of fused-ring (bicyclic) bond motifs is 1. The van der Waals surface area contributed by atoms with Crippen LogP contribution in [0.5, 0.6) is 0 Å². The van der Waals surface area contributed by atoms with Gasteiger partial charge in [-0.05, 0) is 29.8 Å². The minimum absolute atomic E-state index is 0.107. The Morgan fingerprint density at radius 1 is 1.21 bits per heavy atom. The zero-order valence-corrected chi connectivity index (χ0v) is 13.2. The van der Waals surface area contributed by atoms with Crippen molar-refractivity contribution in [1.29, 1.82) is 0 Å². The molecule has 24 heavy (non-hydrogen) atoms. The van der Waals surface area contributed by atoms with Crippen molar-refractivity contribution in [2.45, 2.75) is 13.0 Å². The van der Waals surface area contributed by atoms with Gasteiger partial charge in [-0.1, -0.05) is 23.7 Å². The molecule has 0 unspecified atom stereocenters. The molecule has 0 amide bonds. The van der Waals surface area contributed by atoms with Crippen LogP contribution in [0.15, 0.2) is 36.4 Å². The first kappa shape index (κ1) is 16.5. The molecule has 0 bridgehead atoms. The smallest absolute Gasteiger partial charge is 0.299 e. The average Bonchev–Trinajstić information content (AvgIpc) is 2.98. The van der Waals surface area contributed by atoms with E-state index in [1.165, 1.54) is 0 Å². The van der Waals surface area contributed by atoms with E-state index in [4.69, 9.17) is 11.6 Å². The van der Waals surface area contributed by atoms with Crippen LogP contribution in [0.2, 0.25) is 5.02 Å². The van der Waals surface area contributed by atoms with Gasteiger partial charge in [-0.15, -0.1) is 15.3 Å². The fourth-order valence-electron chi connectivity index (χ4n) is 2.35. The Morgan fingerprint density at radius 3 is 2.75 bits per heavy atom. The lowest BCUT2D eigenvalue weighted by molar-refractivity contribution is 0.137. The quantitative estimate of drug-likeness (QED) is 0.738.